The minimum Gasteiger partial charge on any atom is -0.367 e. The molecule has 0 saturated carbocycles. The Hall–Kier alpha value is -2.27. The number of hydrogen-bond donors (Lipinski definition) is 1. The summed E-state index contributed by atoms with van der Waals surface area (Å²) < 4.78 is 0. The normalized spacial score (nSPS) is 15.9. The highest BCUT2D eigenvalue weighted by Gasteiger charge is 2.23. The second-order valence-electron chi connectivity index (χ2n) is 5.88. The van der Waals surface area contributed by atoms with E-state index >= 15 is 0 Å². The van der Waals surface area contributed by atoms with Crippen LogP contribution in [0.25, 0.3) is 0 Å². The molecule has 3 rings (SSSR count). The van der Waals surface area contributed by atoms with E-state index in [1.807, 2.05) is 48.2 Å². The summed E-state index contributed by atoms with van der Waals surface area (Å²) in [6.07, 6.45) is 3.47. The van der Waals surface area contributed by atoms with Crippen molar-refractivity contribution in [2.75, 3.05) is 31.1 Å². The summed E-state index contributed by atoms with van der Waals surface area (Å²) in [5.74, 6) is 0. The number of benzene rings is 1. The quantitative estimate of drug-likeness (QED) is 0.929. The number of para-hydroxylation sites is 1. The van der Waals surface area contributed by atoms with Gasteiger partial charge in [-0.15, -0.1) is 0 Å². The molecule has 0 unspecified atom stereocenters. The van der Waals surface area contributed by atoms with Crippen molar-refractivity contribution >= 4 is 23.3 Å². The lowest BCUT2D eigenvalue weighted by Gasteiger charge is -2.36. The van der Waals surface area contributed by atoms with E-state index in [0.717, 1.165) is 29.4 Å². The van der Waals surface area contributed by atoms with Crippen LogP contribution in [-0.4, -0.2) is 42.1 Å². The predicted molar refractivity (Wildman–Crippen MR) is 96.4 cm³/mol. The van der Waals surface area contributed by atoms with Crippen LogP contribution in [0.5, 0.6) is 0 Å². The molecule has 0 spiro atoms. The van der Waals surface area contributed by atoms with Crippen LogP contribution in [0, 0.1) is 0 Å². The second-order valence-corrected chi connectivity index (χ2v) is 6.28. The lowest BCUT2D eigenvalue weighted by atomic mass is 10.1. The first kappa shape index (κ1) is 16.6. The molecule has 2 heterocycles. The average Bonchev–Trinajstić information content (AvgIpc) is 2.63. The number of halogens is 1. The molecule has 0 aliphatic carbocycles. The number of pyridine rings is 1. The zero-order valence-electron chi connectivity index (χ0n) is 13.7. The summed E-state index contributed by atoms with van der Waals surface area (Å²) >= 11 is 6.25. The van der Waals surface area contributed by atoms with E-state index in [1.54, 1.807) is 12.4 Å². The summed E-state index contributed by atoms with van der Waals surface area (Å²) in [4.78, 5) is 20.5. The maximum absolute atomic E-state index is 12.4. The monoisotopic (exact) mass is 344 g/mol. The standard InChI is InChI=1S/C18H21ClN4O/c1-14(15-6-8-20-9-7-15)21-18(24)23-12-10-22(11-13-23)17-5-3-2-4-16(17)19/h2-9,14H,10-13H2,1H3,(H,21,24)/t14-/m1/s1. The largest absolute Gasteiger partial charge is 0.367 e. The molecule has 0 radical (unpaired) electrons. The Kier molecular flexibility index (Phi) is 5.20. The maximum Gasteiger partial charge on any atom is 0.317 e. The van der Waals surface area contributed by atoms with Gasteiger partial charge >= 0.3 is 6.03 Å². The van der Waals surface area contributed by atoms with Crippen LogP contribution in [0.15, 0.2) is 48.8 Å². The number of carbonyl (C=O) groups excluding carboxylic acids is 1. The third-order valence-electron chi connectivity index (χ3n) is 4.31. The Morgan fingerprint density at radius 3 is 2.46 bits per heavy atom. The fourth-order valence-electron chi connectivity index (χ4n) is 2.87. The Bertz CT molecular complexity index is 686. The van der Waals surface area contributed by atoms with Gasteiger partial charge in [0.25, 0.3) is 0 Å². The third kappa shape index (κ3) is 3.79. The number of nitrogens with zero attached hydrogens (tertiary/aromatic N) is 3. The van der Waals surface area contributed by atoms with Gasteiger partial charge in [0.2, 0.25) is 0 Å². The van der Waals surface area contributed by atoms with Crippen LogP contribution in [0.2, 0.25) is 5.02 Å². The summed E-state index contributed by atoms with van der Waals surface area (Å²) in [7, 11) is 0. The van der Waals surface area contributed by atoms with Crippen molar-refractivity contribution in [2.24, 2.45) is 0 Å². The molecule has 1 aliphatic rings. The topological polar surface area (TPSA) is 48.5 Å². The van der Waals surface area contributed by atoms with Crippen molar-refractivity contribution < 1.29 is 4.79 Å². The van der Waals surface area contributed by atoms with Gasteiger partial charge in [-0.05, 0) is 36.8 Å². The van der Waals surface area contributed by atoms with E-state index in [-0.39, 0.29) is 12.1 Å². The number of rotatable bonds is 3. The van der Waals surface area contributed by atoms with Gasteiger partial charge in [0.15, 0.2) is 0 Å². The van der Waals surface area contributed by atoms with Crippen molar-refractivity contribution in [1.82, 2.24) is 15.2 Å². The van der Waals surface area contributed by atoms with Crippen LogP contribution in [0.4, 0.5) is 10.5 Å². The van der Waals surface area contributed by atoms with Gasteiger partial charge in [0.1, 0.15) is 0 Å². The van der Waals surface area contributed by atoms with Gasteiger partial charge < -0.3 is 15.1 Å². The van der Waals surface area contributed by atoms with Crippen LogP contribution >= 0.6 is 11.6 Å². The van der Waals surface area contributed by atoms with Crippen LogP contribution < -0.4 is 10.2 Å². The van der Waals surface area contributed by atoms with Gasteiger partial charge in [-0.3, -0.25) is 4.98 Å². The first-order valence-corrected chi connectivity index (χ1v) is 8.48. The smallest absolute Gasteiger partial charge is 0.317 e. The number of aromatic nitrogens is 1. The molecule has 1 aromatic heterocycles. The van der Waals surface area contributed by atoms with Gasteiger partial charge in [-0.1, -0.05) is 23.7 Å². The lowest BCUT2D eigenvalue weighted by Crippen LogP contribution is -2.52. The molecule has 2 aromatic rings. The minimum atomic E-state index is -0.0397. The second kappa shape index (κ2) is 7.53. The maximum atomic E-state index is 12.4. The number of urea groups is 1. The lowest BCUT2D eigenvalue weighted by molar-refractivity contribution is 0.191. The molecule has 1 aliphatic heterocycles. The van der Waals surface area contributed by atoms with Gasteiger partial charge in [0, 0.05) is 38.6 Å². The van der Waals surface area contributed by atoms with Gasteiger partial charge in [0.05, 0.1) is 16.8 Å². The molecule has 24 heavy (non-hydrogen) atoms. The van der Waals surface area contributed by atoms with Gasteiger partial charge in [-0.25, -0.2) is 4.79 Å². The number of piperazine rings is 1. The third-order valence-corrected chi connectivity index (χ3v) is 4.63. The zero-order valence-corrected chi connectivity index (χ0v) is 14.4. The summed E-state index contributed by atoms with van der Waals surface area (Å²) in [6, 6.07) is 11.6. The van der Waals surface area contributed by atoms with Crippen molar-refractivity contribution in [3.8, 4) is 0 Å². The molecule has 1 fully saturated rings. The highest BCUT2D eigenvalue weighted by Crippen LogP contribution is 2.26. The number of nitrogens with one attached hydrogen (secondary N) is 1. The van der Waals surface area contributed by atoms with E-state index < -0.39 is 0 Å². The number of amides is 2. The van der Waals surface area contributed by atoms with Crippen LogP contribution in [0.1, 0.15) is 18.5 Å². The fraction of sp³-hybridized carbons (Fsp3) is 0.333. The van der Waals surface area contributed by atoms with E-state index in [0.29, 0.717) is 13.1 Å². The number of hydrogen-bond acceptors (Lipinski definition) is 3. The molecular weight excluding hydrogens is 324 g/mol. The fourth-order valence-corrected chi connectivity index (χ4v) is 3.13. The molecule has 1 atom stereocenters. The summed E-state index contributed by atoms with van der Waals surface area (Å²) in [5, 5.41) is 3.80. The molecule has 126 valence electrons. The summed E-state index contributed by atoms with van der Waals surface area (Å²) in [5.41, 5.74) is 2.08. The molecular formula is C18H21ClN4O. The number of anilines is 1. The van der Waals surface area contributed by atoms with Gasteiger partial charge in [-0.2, -0.15) is 0 Å². The highest BCUT2D eigenvalue weighted by atomic mass is 35.5. The molecule has 0 bridgehead atoms. The van der Waals surface area contributed by atoms with E-state index in [4.69, 9.17) is 11.6 Å². The summed E-state index contributed by atoms with van der Waals surface area (Å²) in [6.45, 7) is 4.90. The van der Waals surface area contributed by atoms with E-state index in [9.17, 15) is 4.79 Å². The SMILES string of the molecule is C[C@@H](NC(=O)N1CCN(c2ccccc2Cl)CC1)c1ccncc1. The Balaban J connectivity index is 1.55. The highest BCUT2D eigenvalue weighted by molar-refractivity contribution is 6.33. The Labute approximate surface area is 147 Å². The Morgan fingerprint density at radius 1 is 1.12 bits per heavy atom. The van der Waals surface area contributed by atoms with Crippen molar-refractivity contribution in [1.29, 1.82) is 0 Å². The van der Waals surface area contributed by atoms with Crippen molar-refractivity contribution in [2.45, 2.75) is 13.0 Å². The van der Waals surface area contributed by atoms with Crippen LogP contribution in [-0.2, 0) is 0 Å². The van der Waals surface area contributed by atoms with Crippen molar-refractivity contribution in [3.05, 3.63) is 59.4 Å². The van der Waals surface area contributed by atoms with E-state index in [2.05, 4.69) is 15.2 Å². The van der Waals surface area contributed by atoms with Crippen molar-refractivity contribution in [3.63, 3.8) is 0 Å². The molecule has 1 aromatic carbocycles. The number of carbonyl (C=O) groups is 1. The zero-order chi connectivity index (χ0) is 16.9. The molecule has 5 nitrogen and oxygen atoms in total. The predicted octanol–water partition coefficient (Wildman–Crippen LogP) is 3.33. The molecule has 6 heteroatoms. The van der Waals surface area contributed by atoms with E-state index in [1.165, 1.54) is 0 Å². The molecule has 1 saturated heterocycles. The first-order valence-electron chi connectivity index (χ1n) is 8.10. The minimum absolute atomic E-state index is 0.0295. The molecule has 1 N–H and O–H groups in total. The first-order chi connectivity index (χ1) is 11.6. The Morgan fingerprint density at radius 2 is 1.79 bits per heavy atom. The van der Waals surface area contributed by atoms with Crippen LogP contribution in [0.3, 0.4) is 0 Å². The molecule has 2 amide bonds. The average molecular weight is 345 g/mol.